The van der Waals surface area contributed by atoms with Crippen molar-refractivity contribution in [2.75, 3.05) is 19.5 Å². The van der Waals surface area contributed by atoms with Crippen LogP contribution in [-0.2, 0) is 9.53 Å². The Morgan fingerprint density at radius 2 is 2.14 bits per heavy atom. The number of aliphatic hydroxyl groups excluding tert-OH is 1. The number of aliphatic imine (C=N–C) groups is 1. The average molecular weight is 220 g/mol. The van der Waals surface area contributed by atoms with E-state index in [2.05, 4.69) is 4.99 Å². The van der Waals surface area contributed by atoms with E-state index in [1.807, 2.05) is 0 Å². The molecule has 1 N–H and O–H groups in total. The highest BCUT2D eigenvalue weighted by Crippen LogP contribution is 2.08. The molecule has 5 heteroatoms. The lowest BCUT2D eigenvalue weighted by Gasteiger charge is -2.07. The van der Waals surface area contributed by atoms with Gasteiger partial charge in [-0.3, -0.25) is 4.99 Å². The number of nitrogens with zero attached hydrogens (tertiary/aromatic N) is 1. The van der Waals surface area contributed by atoms with Crippen LogP contribution in [0.15, 0.2) is 16.3 Å². The SMILES string of the molecule is CCOC(=O)/C(C(C)=NC)=C(\O)CCl. The van der Waals surface area contributed by atoms with E-state index < -0.39 is 5.97 Å². The van der Waals surface area contributed by atoms with Gasteiger partial charge in [0, 0.05) is 12.8 Å². The minimum atomic E-state index is -0.603. The van der Waals surface area contributed by atoms with Crippen molar-refractivity contribution in [3.8, 4) is 0 Å². The monoisotopic (exact) mass is 219 g/mol. The van der Waals surface area contributed by atoms with E-state index in [9.17, 15) is 9.90 Å². The van der Waals surface area contributed by atoms with Gasteiger partial charge in [-0.2, -0.15) is 0 Å². The number of halogens is 1. The minimum absolute atomic E-state index is 0.0457. The second-order valence-electron chi connectivity index (χ2n) is 2.48. The summed E-state index contributed by atoms with van der Waals surface area (Å²) in [5, 5.41) is 9.38. The molecule has 0 rings (SSSR count). The summed E-state index contributed by atoms with van der Waals surface area (Å²) in [7, 11) is 1.52. The second kappa shape index (κ2) is 6.43. The highest BCUT2D eigenvalue weighted by molar-refractivity contribution is 6.23. The topological polar surface area (TPSA) is 58.9 Å². The van der Waals surface area contributed by atoms with E-state index in [4.69, 9.17) is 16.3 Å². The molecule has 0 unspecified atom stereocenters. The maximum absolute atomic E-state index is 11.4. The van der Waals surface area contributed by atoms with E-state index in [1.54, 1.807) is 13.8 Å². The van der Waals surface area contributed by atoms with Gasteiger partial charge in [-0.1, -0.05) is 0 Å². The summed E-state index contributed by atoms with van der Waals surface area (Å²) >= 11 is 5.42. The van der Waals surface area contributed by atoms with Gasteiger partial charge in [-0.05, 0) is 13.8 Å². The molecule has 80 valence electrons. The highest BCUT2D eigenvalue weighted by Gasteiger charge is 2.18. The first-order valence-corrected chi connectivity index (χ1v) is 4.70. The zero-order valence-electron chi connectivity index (χ0n) is 8.50. The van der Waals surface area contributed by atoms with Gasteiger partial charge in [0.2, 0.25) is 0 Å². The van der Waals surface area contributed by atoms with Crippen molar-refractivity contribution < 1.29 is 14.6 Å². The van der Waals surface area contributed by atoms with Crippen LogP contribution in [0.2, 0.25) is 0 Å². The first-order valence-electron chi connectivity index (χ1n) is 4.17. The van der Waals surface area contributed by atoms with Gasteiger partial charge in [0.1, 0.15) is 11.3 Å². The average Bonchev–Trinajstić information content (AvgIpc) is 2.17. The van der Waals surface area contributed by atoms with Crippen LogP contribution in [0.25, 0.3) is 0 Å². The normalized spacial score (nSPS) is 13.6. The van der Waals surface area contributed by atoms with E-state index in [0.717, 1.165) is 0 Å². The van der Waals surface area contributed by atoms with Gasteiger partial charge in [0.15, 0.2) is 0 Å². The fraction of sp³-hybridized carbons (Fsp3) is 0.556. The molecule has 0 spiro atoms. The van der Waals surface area contributed by atoms with Gasteiger partial charge in [0.25, 0.3) is 0 Å². The molecule has 0 fully saturated rings. The Labute approximate surface area is 88.2 Å². The Balaban J connectivity index is 5.02. The Morgan fingerprint density at radius 3 is 2.50 bits per heavy atom. The van der Waals surface area contributed by atoms with E-state index in [1.165, 1.54) is 7.05 Å². The van der Waals surface area contributed by atoms with Gasteiger partial charge < -0.3 is 9.84 Å². The summed E-state index contributed by atoms with van der Waals surface area (Å²) in [6.07, 6.45) is 0. The molecule has 4 nitrogen and oxygen atoms in total. The van der Waals surface area contributed by atoms with Crippen LogP contribution >= 0.6 is 11.6 Å². The highest BCUT2D eigenvalue weighted by atomic mass is 35.5. The van der Waals surface area contributed by atoms with Gasteiger partial charge in [-0.15, -0.1) is 11.6 Å². The quantitative estimate of drug-likeness (QED) is 0.257. The predicted octanol–water partition coefficient (Wildman–Crippen LogP) is 1.69. The molecule has 0 aliphatic heterocycles. The molecule has 0 heterocycles. The molecule has 0 saturated heterocycles. The van der Waals surface area contributed by atoms with Crippen LogP contribution in [0.4, 0.5) is 0 Å². The third-order valence-electron chi connectivity index (χ3n) is 1.59. The van der Waals surface area contributed by atoms with Crippen molar-refractivity contribution in [1.82, 2.24) is 0 Å². The molecular weight excluding hydrogens is 206 g/mol. The Bertz CT molecular complexity index is 271. The molecule has 0 atom stereocenters. The molecule has 0 aromatic carbocycles. The lowest BCUT2D eigenvalue weighted by molar-refractivity contribution is -0.138. The lowest BCUT2D eigenvalue weighted by Crippen LogP contribution is -2.17. The fourth-order valence-corrected chi connectivity index (χ4v) is 0.990. The molecule has 0 saturated carbocycles. The van der Waals surface area contributed by atoms with Crippen LogP contribution in [-0.4, -0.2) is 36.3 Å². The number of rotatable bonds is 4. The molecule has 14 heavy (non-hydrogen) atoms. The summed E-state index contributed by atoms with van der Waals surface area (Å²) in [4.78, 5) is 15.2. The number of allylic oxidation sites excluding steroid dienone is 1. The van der Waals surface area contributed by atoms with Crippen LogP contribution in [0.1, 0.15) is 13.8 Å². The van der Waals surface area contributed by atoms with Crippen LogP contribution < -0.4 is 0 Å². The number of carbonyl (C=O) groups is 1. The van der Waals surface area contributed by atoms with Gasteiger partial charge >= 0.3 is 5.97 Å². The standard InChI is InChI=1S/C9H14ClNO3/c1-4-14-9(13)8(6(2)11-3)7(12)5-10/h12H,4-5H2,1-3H3/b8-7-,11-6?. The predicted molar refractivity (Wildman–Crippen MR) is 56.0 cm³/mol. The first kappa shape index (κ1) is 13.0. The molecule has 0 aliphatic rings. The number of esters is 1. The first-order chi connectivity index (χ1) is 6.58. The molecule has 0 radical (unpaired) electrons. The molecule has 0 aliphatic carbocycles. The molecular formula is C9H14ClNO3. The molecule has 0 aromatic heterocycles. The lowest BCUT2D eigenvalue weighted by atomic mass is 10.1. The summed E-state index contributed by atoms with van der Waals surface area (Å²) in [5.74, 6) is -0.956. The summed E-state index contributed by atoms with van der Waals surface area (Å²) in [5.41, 5.74) is 0.450. The second-order valence-corrected chi connectivity index (χ2v) is 2.75. The molecule has 0 aromatic rings. The number of aliphatic hydroxyl groups is 1. The zero-order chi connectivity index (χ0) is 11.1. The van der Waals surface area contributed by atoms with Crippen molar-refractivity contribution in [3.63, 3.8) is 0 Å². The van der Waals surface area contributed by atoms with E-state index >= 15 is 0 Å². The van der Waals surface area contributed by atoms with E-state index in [0.29, 0.717) is 5.71 Å². The van der Waals surface area contributed by atoms with Crippen molar-refractivity contribution in [2.24, 2.45) is 4.99 Å². The maximum Gasteiger partial charge on any atom is 0.343 e. The summed E-state index contributed by atoms with van der Waals surface area (Å²) in [6.45, 7) is 3.54. The Hall–Kier alpha value is -1.03. The number of hydrogen-bond donors (Lipinski definition) is 1. The van der Waals surface area contributed by atoms with Crippen LogP contribution in [0, 0.1) is 0 Å². The minimum Gasteiger partial charge on any atom is -0.510 e. The molecule has 0 bridgehead atoms. The third-order valence-corrected chi connectivity index (χ3v) is 1.85. The summed E-state index contributed by atoms with van der Waals surface area (Å²) in [6, 6.07) is 0. The van der Waals surface area contributed by atoms with Crippen LogP contribution in [0.5, 0.6) is 0 Å². The smallest absolute Gasteiger partial charge is 0.343 e. The van der Waals surface area contributed by atoms with E-state index in [-0.39, 0.29) is 23.8 Å². The van der Waals surface area contributed by atoms with Crippen molar-refractivity contribution in [1.29, 1.82) is 0 Å². The largest absolute Gasteiger partial charge is 0.510 e. The number of hydrogen-bond acceptors (Lipinski definition) is 4. The maximum atomic E-state index is 11.4. The third kappa shape index (κ3) is 3.38. The number of carbonyl (C=O) groups excluding carboxylic acids is 1. The fourth-order valence-electron chi connectivity index (χ4n) is 0.856. The Morgan fingerprint density at radius 1 is 1.57 bits per heavy atom. The van der Waals surface area contributed by atoms with Crippen molar-refractivity contribution in [3.05, 3.63) is 11.3 Å². The number of alkyl halides is 1. The zero-order valence-corrected chi connectivity index (χ0v) is 9.26. The van der Waals surface area contributed by atoms with Gasteiger partial charge in [0.05, 0.1) is 12.5 Å². The van der Waals surface area contributed by atoms with Crippen molar-refractivity contribution >= 4 is 23.3 Å². The van der Waals surface area contributed by atoms with Crippen molar-refractivity contribution in [2.45, 2.75) is 13.8 Å². The molecule has 0 amide bonds. The number of ether oxygens (including phenoxy) is 1. The summed E-state index contributed by atoms with van der Waals surface area (Å²) < 4.78 is 4.75. The van der Waals surface area contributed by atoms with Crippen LogP contribution in [0.3, 0.4) is 0 Å². The van der Waals surface area contributed by atoms with Gasteiger partial charge in [-0.25, -0.2) is 4.79 Å². The Kier molecular flexibility index (Phi) is 5.95.